The summed E-state index contributed by atoms with van der Waals surface area (Å²) in [7, 11) is 0. The molecule has 0 unspecified atom stereocenters. The molecule has 2 aromatic rings. The number of hydrogen-bond acceptors (Lipinski definition) is 6. The highest BCUT2D eigenvalue weighted by Crippen LogP contribution is 2.29. The molecule has 0 bridgehead atoms. The number of aromatic amines is 1. The van der Waals surface area contributed by atoms with Gasteiger partial charge in [0.2, 0.25) is 0 Å². The number of rotatable bonds is 5. The van der Waals surface area contributed by atoms with Gasteiger partial charge >= 0.3 is 11.8 Å². The number of alkyl carbamates (subject to hydrolysis) is 1. The maximum atomic E-state index is 12.1. The summed E-state index contributed by atoms with van der Waals surface area (Å²) in [5, 5.41) is 12.1. The number of benzene rings is 1. The van der Waals surface area contributed by atoms with Gasteiger partial charge in [-0.25, -0.2) is 9.59 Å². The van der Waals surface area contributed by atoms with E-state index in [0.29, 0.717) is 12.1 Å². The van der Waals surface area contributed by atoms with Crippen molar-refractivity contribution >= 4 is 6.09 Å². The van der Waals surface area contributed by atoms with Gasteiger partial charge in [-0.15, -0.1) is 0 Å². The molecule has 0 spiro atoms. The van der Waals surface area contributed by atoms with Crippen molar-refractivity contribution in [3.05, 3.63) is 68.5 Å². The van der Waals surface area contributed by atoms with Crippen LogP contribution in [0.25, 0.3) is 0 Å². The van der Waals surface area contributed by atoms with Crippen molar-refractivity contribution in [1.82, 2.24) is 14.9 Å². The summed E-state index contributed by atoms with van der Waals surface area (Å²) >= 11 is 0. The molecule has 0 saturated carbocycles. The second-order valence-corrected chi connectivity index (χ2v) is 6.31. The molecule has 3 N–H and O–H groups in total. The van der Waals surface area contributed by atoms with Gasteiger partial charge in [-0.2, -0.15) is 0 Å². The lowest BCUT2D eigenvalue weighted by molar-refractivity contribution is -0.0484. The Balaban J connectivity index is 1.64. The summed E-state index contributed by atoms with van der Waals surface area (Å²) in [5.41, 5.74) is 0.176. The lowest BCUT2D eigenvalue weighted by Gasteiger charge is -2.17. The van der Waals surface area contributed by atoms with Crippen molar-refractivity contribution in [3.63, 3.8) is 0 Å². The molecule has 0 aliphatic carbocycles. The Kier molecular flexibility index (Phi) is 5.72. The van der Waals surface area contributed by atoms with Crippen molar-refractivity contribution < 1.29 is 19.4 Å². The Labute approximate surface area is 154 Å². The van der Waals surface area contributed by atoms with Crippen LogP contribution >= 0.6 is 0 Å². The number of aryl methyl sites for hydroxylation is 1. The van der Waals surface area contributed by atoms with Crippen LogP contribution in [0.3, 0.4) is 0 Å². The van der Waals surface area contributed by atoms with Crippen LogP contribution in [0.15, 0.2) is 46.1 Å². The number of aliphatic hydroxyl groups excluding tert-OH is 1. The van der Waals surface area contributed by atoms with Gasteiger partial charge in [-0.3, -0.25) is 14.3 Å². The van der Waals surface area contributed by atoms with Gasteiger partial charge in [0, 0.05) is 24.7 Å². The summed E-state index contributed by atoms with van der Waals surface area (Å²) < 4.78 is 12.2. The van der Waals surface area contributed by atoms with Crippen molar-refractivity contribution in [2.24, 2.45) is 0 Å². The molecule has 1 fully saturated rings. The van der Waals surface area contributed by atoms with Gasteiger partial charge in [-0.1, -0.05) is 30.3 Å². The number of carbonyl (C=O) groups excluding carboxylic acids is 1. The van der Waals surface area contributed by atoms with Gasteiger partial charge in [-0.05, 0) is 12.5 Å². The van der Waals surface area contributed by atoms with E-state index in [-0.39, 0.29) is 13.0 Å². The number of ether oxygens (including phenoxy) is 2. The lowest BCUT2D eigenvalue weighted by atomic mass is 10.2. The Morgan fingerprint density at radius 2 is 2.11 bits per heavy atom. The predicted octanol–water partition coefficient (Wildman–Crippen LogP) is 0.420. The second-order valence-electron chi connectivity index (χ2n) is 6.31. The van der Waals surface area contributed by atoms with Crippen LogP contribution in [0.4, 0.5) is 4.79 Å². The van der Waals surface area contributed by atoms with Crippen molar-refractivity contribution in [1.29, 1.82) is 0 Å². The van der Waals surface area contributed by atoms with Crippen molar-refractivity contribution in [2.45, 2.75) is 38.3 Å². The van der Waals surface area contributed by atoms with Gasteiger partial charge in [0.05, 0.1) is 6.61 Å². The fourth-order valence-corrected chi connectivity index (χ4v) is 2.91. The number of amides is 1. The molecule has 1 aliphatic rings. The molecule has 1 aromatic carbocycles. The summed E-state index contributed by atoms with van der Waals surface area (Å²) in [5.74, 6) is 0. The first-order valence-electron chi connectivity index (χ1n) is 8.54. The van der Waals surface area contributed by atoms with E-state index in [1.165, 1.54) is 10.8 Å². The van der Waals surface area contributed by atoms with Gasteiger partial charge < -0.3 is 19.9 Å². The zero-order valence-corrected chi connectivity index (χ0v) is 14.8. The topological polar surface area (TPSA) is 123 Å². The Morgan fingerprint density at radius 3 is 2.81 bits per heavy atom. The second kappa shape index (κ2) is 8.19. The van der Waals surface area contributed by atoms with E-state index in [4.69, 9.17) is 9.47 Å². The van der Waals surface area contributed by atoms with E-state index in [1.54, 1.807) is 6.92 Å². The largest absolute Gasteiger partial charge is 0.443 e. The molecule has 27 heavy (non-hydrogen) atoms. The van der Waals surface area contributed by atoms with Gasteiger partial charge in [0.1, 0.15) is 18.4 Å². The molecule has 0 radical (unpaired) electrons. The van der Waals surface area contributed by atoms with Crippen LogP contribution in [-0.4, -0.2) is 39.6 Å². The third-order valence-corrected chi connectivity index (χ3v) is 4.35. The number of hydrogen-bond donors (Lipinski definition) is 3. The summed E-state index contributed by atoms with van der Waals surface area (Å²) in [6.45, 7) is 1.50. The van der Waals surface area contributed by atoms with Crippen LogP contribution in [-0.2, 0) is 16.0 Å². The Bertz CT molecular complexity index is 907. The molecule has 2 heterocycles. The summed E-state index contributed by atoms with van der Waals surface area (Å²) in [6.07, 6.45) is -1.33. The normalized spacial score (nSPS) is 21.8. The zero-order valence-electron chi connectivity index (χ0n) is 14.8. The fraction of sp³-hybridized carbons (Fsp3) is 0.389. The zero-order chi connectivity index (χ0) is 19.4. The van der Waals surface area contributed by atoms with Crippen molar-refractivity contribution in [3.8, 4) is 0 Å². The first-order valence-corrected chi connectivity index (χ1v) is 8.54. The van der Waals surface area contributed by atoms with E-state index >= 15 is 0 Å². The molecule has 3 rings (SSSR count). The maximum Gasteiger partial charge on any atom is 0.407 e. The standard InChI is InChI=1S/C18H21N3O6/c1-11-9-21(17(24)20-16(11)23)15-7-13(14(10-22)26-15)27-18(25)19-8-12-5-3-2-4-6-12/h2-6,9,13-15,22H,7-8,10H2,1H3,(H,19,25)(H,20,23,24)/t13-,14+,15+/m0/s1. The fourth-order valence-electron chi connectivity index (χ4n) is 2.91. The van der Waals surface area contributed by atoms with Crippen LogP contribution in [0.1, 0.15) is 23.8 Å². The average Bonchev–Trinajstić information content (AvgIpc) is 3.06. The molecule has 144 valence electrons. The van der Waals surface area contributed by atoms with Crippen LogP contribution in [0.5, 0.6) is 0 Å². The highest BCUT2D eigenvalue weighted by molar-refractivity contribution is 5.67. The number of nitrogens with zero attached hydrogens (tertiary/aromatic N) is 1. The molecule has 1 saturated heterocycles. The molecule has 1 aliphatic heterocycles. The van der Waals surface area contributed by atoms with Crippen LogP contribution < -0.4 is 16.6 Å². The van der Waals surface area contributed by atoms with E-state index in [1.807, 2.05) is 30.3 Å². The van der Waals surface area contributed by atoms with Crippen LogP contribution in [0, 0.1) is 6.92 Å². The molecular formula is C18H21N3O6. The molecule has 9 heteroatoms. The Morgan fingerprint density at radius 1 is 1.37 bits per heavy atom. The summed E-state index contributed by atoms with van der Waals surface area (Å²) in [4.78, 5) is 37.8. The molecule has 9 nitrogen and oxygen atoms in total. The van der Waals surface area contributed by atoms with Gasteiger partial charge in [0.15, 0.2) is 0 Å². The van der Waals surface area contributed by atoms with E-state index < -0.39 is 35.8 Å². The minimum atomic E-state index is -0.767. The van der Waals surface area contributed by atoms with Gasteiger partial charge in [0.25, 0.3) is 5.56 Å². The summed E-state index contributed by atoms with van der Waals surface area (Å²) in [6, 6.07) is 9.35. The molecular weight excluding hydrogens is 354 g/mol. The quantitative estimate of drug-likeness (QED) is 0.696. The number of nitrogens with one attached hydrogen (secondary N) is 2. The number of H-pyrrole nitrogens is 1. The highest BCUT2D eigenvalue weighted by atomic mass is 16.6. The van der Waals surface area contributed by atoms with Crippen molar-refractivity contribution in [2.75, 3.05) is 6.61 Å². The third-order valence-electron chi connectivity index (χ3n) is 4.35. The third kappa shape index (κ3) is 4.44. The number of aromatic nitrogens is 2. The van der Waals surface area contributed by atoms with Crippen LogP contribution in [0.2, 0.25) is 0 Å². The smallest absolute Gasteiger partial charge is 0.407 e. The minimum Gasteiger partial charge on any atom is -0.443 e. The molecule has 1 amide bonds. The molecule has 1 aromatic heterocycles. The van der Waals surface area contributed by atoms with E-state index in [0.717, 1.165) is 5.56 Å². The maximum absolute atomic E-state index is 12.1. The Hall–Kier alpha value is -2.91. The minimum absolute atomic E-state index is 0.176. The monoisotopic (exact) mass is 375 g/mol. The predicted molar refractivity (Wildman–Crippen MR) is 95.2 cm³/mol. The van der Waals surface area contributed by atoms with E-state index in [9.17, 15) is 19.5 Å². The number of carbonyl (C=O) groups is 1. The lowest BCUT2D eigenvalue weighted by Crippen LogP contribution is -2.34. The number of aliphatic hydroxyl groups is 1. The first kappa shape index (κ1) is 18.9. The highest BCUT2D eigenvalue weighted by Gasteiger charge is 2.39. The average molecular weight is 375 g/mol. The first-order chi connectivity index (χ1) is 13.0. The van der Waals surface area contributed by atoms with E-state index in [2.05, 4.69) is 10.3 Å². The SMILES string of the molecule is Cc1cn([C@H]2C[C@H](OC(=O)NCc3ccccc3)[C@@H](CO)O2)c(=O)[nH]c1=O. The molecule has 3 atom stereocenters.